The first-order valence-electron chi connectivity index (χ1n) is 7.91. The Morgan fingerprint density at radius 3 is 2.31 bits per heavy atom. The van der Waals surface area contributed by atoms with Crippen molar-refractivity contribution >= 4 is 21.8 Å². The van der Waals surface area contributed by atoms with Gasteiger partial charge in [0.05, 0.1) is 15.9 Å². The molecule has 26 heavy (non-hydrogen) atoms. The van der Waals surface area contributed by atoms with Gasteiger partial charge in [-0.15, -0.1) is 0 Å². The van der Waals surface area contributed by atoms with Gasteiger partial charge in [0, 0.05) is 18.2 Å². The third-order valence-corrected chi connectivity index (χ3v) is 4.96. The molecule has 1 aliphatic rings. The van der Waals surface area contributed by atoms with E-state index in [4.69, 9.17) is 4.74 Å². The monoisotopic (exact) mass is 383 g/mol. The van der Waals surface area contributed by atoms with E-state index in [9.17, 15) is 23.3 Å². The molecule has 0 fully saturated rings. The number of benzene rings is 1. The molecule has 0 saturated heterocycles. The normalized spacial score (nSPS) is 20.0. The number of rotatable bonds is 5. The first kappa shape index (κ1) is 19.9. The molecular formula is C16H21N3O6S. The van der Waals surface area contributed by atoms with Gasteiger partial charge >= 0.3 is 6.09 Å². The molecule has 2 unspecified atom stereocenters. The summed E-state index contributed by atoms with van der Waals surface area (Å²) in [4.78, 5) is 21.7. The number of non-ortho nitro benzene ring substituents is 1. The zero-order valence-corrected chi connectivity index (χ0v) is 15.4. The molecule has 1 aromatic carbocycles. The summed E-state index contributed by atoms with van der Waals surface area (Å²) in [7, 11) is -3.83. The number of alkyl carbamates (subject to hydrolysis) is 1. The number of carbonyl (C=O) groups is 1. The number of sulfonamides is 1. The second kappa shape index (κ2) is 7.42. The lowest BCUT2D eigenvalue weighted by Crippen LogP contribution is -2.40. The van der Waals surface area contributed by atoms with Crippen molar-refractivity contribution in [2.75, 3.05) is 0 Å². The lowest BCUT2D eigenvalue weighted by Gasteiger charge is -2.21. The third kappa shape index (κ3) is 5.53. The Balaban J connectivity index is 1.94. The first-order valence-corrected chi connectivity index (χ1v) is 9.39. The van der Waals surface area contributed by atoms with Crippen LogP contribution in [0.5, 0.6) is 0 Å². The Kier molecular flexibility index (Phi) is 5.67. The fraction of sp³-hybridized carbons (Fsp3) is 0.438. The summed E-state index contributed by atoms with van der Waals surface area (Å²) in [5.74, 6) is 0. The highest BCUT2D eigenvalue weighted by atomic mass is 32.2. The fourth-order valence-electron chi connectivity index (χ4n) is 2.37. The van der Waals surface area contributed by atoms with Crippen molar-refractivity contribution in [3.63, 3.8) is 0 Å². The minimum absolute atomic E-state index is 0.0694. The molecule has 0 aliphatic heterocycles. The highest BCUT2D eigenvalue weighted by Gasteiger charge is 2.27. The Labute approximate surface area is 151 Å². The van der Waals surface area contributed by atoms with Gasteiger partial charge < -0.3 is 10.1 Å². The van der Waals surface area contributed by atoms with Crippen LogP contribution in [-0.2, 0) is 14.8 Å². The van der Waals surface area contributed by atoms with Crippen molar-refractivity contribution in [1.82, 2.24) is 10.0 Å². The third-order valence-electron chi connectivity index (χ3n) is 3.45. The summed E-state index contributed by atoms with van der Waals surface area (Å²) in [6.07, 6.45) is 3.09. The van der Waals surface area contributed by atoms with Crippen molar-refractivity contribution < 1.29 is 22.9 Å². The topological polar surface area (TPSA) is 128 Å². The van der Waals surface area contributed by atoms with Gasteiger partial charge in [0.25, 0.3) is 5.69 Å². The Morgan fingerprint density at radius 1 is 1.19 bits per heavy atom. The number of hydrogen-bond acceptors (Lipinski definition) is 6. The van der Waals surface area contributed by atoms with Crippen LogP contribution in [0.25, 0.3) is 0 Å². The second-order valence-electron chi connectivity index (χ2n) is 6.85. The minimum Gasteiger partial charge on any atom is -0.444 e. The van der Waals surface area contributed by atoms with Crippen LogP contribution in [0.3, 0.4) is 0 Å². The number of carbonyl (C=O) groups excluding carboxylic acids is 1. The molecule has 0 bridgehead atoms. The van der Waals surface area contributed by atoms with Gasteiger partial charge in [-0.1, -0.05) is 12.2 Å². The molecule has 1 amide bonds. The summed E-state index contributed by atoms with van der Waals surface area (Å²) < 4.78 is 32.4. The maximum atomic E-state index is 12.4. The van der Waals surface area contributed by atoms with Gasteiger partial charge in [0.2, 0.25) is 10.0 Å². The molecule has 0 heterocycles. The van der Waals surface area contributed by atoms with Crippen LogP contribution in [0.15, 0.2) is 41.3 Å². The van der Waals surface area contributed by atoms with Crippen LogP contribution in [0.4, 0.5) is 10.5 Å². The summed E-state index contributed by atoms with van der Waals surface area (Å²) >= 11 is 0. The van der Waals surface area contributed by atoms with E-state index >= 15 is 0 Å². The zero-order valence-electron chi connectivity index (χ0n) is 14.6. The maximum absolute atomic E-state index is 12.4. The fourth-order valence-corrected chi connectivity index (χ4v) is 3.57. The van der Waals surface area contributed by atoms with Crippen LogP contribution in [-0.4, -0.2) is 37.1 Å². The number of nitro groups is 1. The molecule has 2 rings (SSSR count). The molecule has 1 aliphatic carbocycles. The van der Waals surface area contributed by atoms with Gasteiger partial charge in [-0.05, 0) is 39.3 Å². The minimum atomic E-state index is -3.83. The molecule has 0 aromatic heterocycles. The van der Waals surface area contributed by atoms with E-state index < -0.39 is 32.7 Å². The van der Waals surface area contributed by atoms with E-state index in [-0.39, 0.29) is 16.6 Å². The van der Waals surface area contributed by atoms with Gasteiger partial charge in [-0.3, -0.25) is 10.1 Å². The average molecular weight is 383 g/mol. The smallest absolute Gasteiger partial charge is 0.408 e. The second-order valence-corrected chi connectivity index (χ2v) is 8.57. The van der Waals surface area contributed by atoms with Crippen molar-refractivity contribution in [3.05, 3.63) is 46.5 Å². The summed E-state index contributed by atoms with van der Waals surface area (Å²) in [6, 6.07) is 3.76. The van der Waals surface area contributed by atoms with Crippen LogP contribution in [0.1, 0.15) is 27.2 Å². The number of nitrogens with zero attached hydrogens (tertiary/aromatic N) is 1. The number of amides is 1. The van der Waals surface area contributed by atoms with Crippen molar-refractivity contribution in [2.24, 2.45) is 0 Å². The van der Waals surface area contributed by atoms with Crippen LogP contribution >= 0.6 is 0 Å². The number of ether oxygens (including phenoxy) is 1. The van der Waals surface area contributed by atoms with E-state index in [1.165, 1.54) is 12.1 Å². The maximum Gasteiger partial charge on any atom is 0.408 e. The lowest BCUT2D eigenvalue weighted by atomic mass is 10.2. The van der Waals surface area contributed by atoms with Gasteiger partial charge in [-0.2, -0.15) is 0 Å². The molecule has 2 N–H and O–H groups in total. The SMILES string of the molecule is CC(C)(C)OC(=O)NC1C=CC(NS(=O)(=O)c2ccc([N+](=O)[O-])cc2)C1. The number of nitro benzene ring substituents is 1. The van der Waals surface area contributed by atoms with Crippen molar-refractivity contribution in [3.8, 4) is 0 Å². The lowest BCUT2D eigenvalue weighted by molar-refractivity contribution is -0.384. The quantitative estimate of drug-likeness (QED) is 0.455. The molecule has 0 radical (unpaired) electrons. The molecule has 9 nitrogen and oxygen atoms in total. The Hall–Kier alpha value is -2.46. The van der Waals surface area contributed by atoms with E-state index in [2.05, 4.69) is 10.0 Å². The standard InChI is InChI=1S/C16H21N3O6S/c1-16(2,3)25-15(20)17-11-4-5-12(10-11)18-26(23,24)14-8-6-13(7-9-14)19(21)22/h4-9,11-12,18H,10H2,1-3H3,(H,17,20). The molecule has 0 spiro atoms. The molecular weight excluding hydrogens is 362 g/mol. The van der Waals surface area contributed by atoms with E-state index in [1.807, 2.05) is 0 Å². The largest absolute Gasteiger partial charge is 0.444 e. The van der Waals surface area contributed by atoms with E-state index in [1.54, 1.807) is 32.9 Å². The number of hydrogen-bond donors (Lipinski definition) is 2. The molecule has 0 saturated carbocycles. The predicted octanol–water partition coefficient (Wildman–Crippen LogP) is 2.09. The first-order chi connectivity index (χ1) is 12.0. The van der Waals surface area contributed by atoms with Gasteiger partial charge in [0.1, 0.15) is 5.60 Å². The Morgan fingerprint density at radius 2 is 1.77 bits per heavy atom. The summed E-state index contributed by atoms with van der Waals surface area (Å²) in [6.45, 7) is 5.24. The van der Waals surface area contributed by atoms with Crippen LogP contribution in [0.2, 0.25) is 0 Å². The van der Waals surface area contributed by atoms with Crippen molar-refractivity contribution in [1.29, 1.82) is 0 Å². The molecule has 142 valence electrons. The molecule has 2 atom stereocenters. The molecule has 10 heteroatoms. The summed E-state index contributed by atoms with van der Waals surface area (Å²) in [5.41, 5.74) is -0.810. The Bertz CT molecular complexity index is 811. The average Bonchev–Trinajstić information content (AvgIpc) is 2.91. The predicted molar refractivity (Wildman–Crippen MR) is 94.1 cm³/mol. The zero-order chi connectivity index (χ0) is 19.5. The highest BCUT2D eigenvalue weighted by Crippen LogP contribution is 2.19. The number of nitrogens with one attached hydrogen (secondary N) is 2. The molecule has 1 aromatic rings. The van der Waals surface area contributed by atoms with Gasteiger partial charge in [-0.25, -0.2) is 17.9 Å². The highest BCUT2D eigenvalue weighted by molar-refractivity contribution is 7.89. The van der Waals surface area contributed by atoms with Crippen LogP contribution in [0, 0.1) is 10.1 Å². The van der Waals surface area contributed by atoms with Crippen LogP contribution < -0.4 is 10.0 Å². The van der Waals surface area contributed by atoms with Crippen molar-refractivity contribution in [2.45, 2.75) is 49.8 Å². The summed E-state index contributed by atoms with van der Waals surface area (Å²) in [5, 5.41) is 13.3. The van der Waals surface area contributed by atoms with E-state index in [0.717, 1.165) is 12.1 Å². The van der Waals surface area contributed by atoms with Gasteiger partial charge in [0.15, 0.2) is 0 Å². The van der Waals surface area contributed by atoms with E-state index in [0.29, 0.717) is 6.42 Å².